The summed E-state index contributed by atoms with van der Waals surface area (Å²) in [5.74, 6) is -0.706. The fraction of sp³-hybridized carbons (Fsp3) is 0.744. The average Bonchev–Trinajstić information content (AvgIpc) is 3.96. The first-order valence-electron chi connectivity index (χ1n) is 23.9. The largest absolute Gasteiger partial charge is 0.790 e. The molecule has 1 aliphatic heterocycles. The zero-order valence-corrected chi connectivity index (χ0v) is 44.3. The first-order chi connectivity index (χ1) is 33.9. The molecule has 5 aliphatic rings. The van der Waals surface area contributed by atoms with Gasteiger partial charge in [0.15, 0.2) is 28.6 Å². The van der Waals surface area contributed by atoms with E-state index in [4.69, 9.17) is 10.5 Å². The number of amides is 2. The normalized spacial score (nSPS) is 32.8. The van der Waals surface area contributed by atoms with Gasteiger partial charge in [0.25, 0.3) is 15.6 Å². The highest BCUT2D eigenvalue weighted by atomic mass is 32.2. The standard InChI is InChI=1S/C43H66N7O19P3S/c1-23(43(57)14-10-28-26-7-6-24-18-25(51)8-12-41(24,4)27(26)9-13-42(28,43)5)39(56)73-17-16-45-30(52)11-15-46-37(55)34(54)40(2,3)20-66-72(63,64)69-71(61,62)65-19-29-33(68-70(58,59)60)32(53)38(67-29)50-22-49-31-35(44)47-21-48-36(31)50/h18,21-23,26-29,32-34,38,53-54,57H,6-17,19-20H2,1-5H3,(H,45,52)(H,46,55)(H,61,62)(H,63,64)(H2,44,47,48)(H2,58,59,60)/p-4/t23-,26-,27+,28+,29-,32-,33-,34+,38-,41+,42+,43+/m1/s1. The van der Waals surface area contributed by atoms with E-state index in [-0.39, 0.29) is 64.5 Å². The first-order valence-corrected chi connectivity index (χ1v) is 29.2. The summed E-state index contributed by atoms with van der Waals surface area (Å²) in [5, 5.41) is 38.8. The van der Waals surface area contributed by atoms with Crippen molar-refractivity contribution in [1.29, 1.82) is 0 Å². The Hall–Kier alpha value is -3.07. The molecule has 26 nitrogen and oxygen atoms in total. The van der Waals surface area contributed by atoms with Crippen LogP contribution < -0.4 is 35.9 Å². The van der Waals surface area contributed by atoms with Crippen LogP contribution in [0.5, 0.6) is 0 Å². The number of phosphoric ester groups is 3. The van der Waals surface area contributed by atoms with Gasteiger partial charge >= 0.3 is 0 Å². The van der Waals surface area contributed by atoms with Crippen molar-refractivity contribution in [3.05, 3.63) is 24.3 Å². The number of nitrogens with two attached hydrogens (primary N) is 1. The van der Waals surface area contributed by atoms with Crippen LogP contribution in [0.15, 0.2) is 24.3 Å². The van der Waals surface area contributed by atoms with Crippen molar-refractivity contribution in [3.8, 4) is 0 Å². The second-order valence-corrected chi connectivity index (χ2v) is 25.9. The van der Waals surface area contributed by atoms with Gasteiger partial charge in [0.05, 0.1) is 38.9 Å². The first kappa shape index (κ1) is 57.6. The smallest absolute Gasteiger partial charge is 0.274 e. The average molecular weight is 1110 g/mol. The predicted octanol–water partition coefficient (Wildman–Crippen LogP) is 0.0358. The van der Waals surface area contributed by atoms with Gasteiger partial charge in [-0.1, -0.05) is 52.0 Å². The summed E-state index contributed by atoms with van der Waals surface area (Å²) in [6, 6.07) is 0. The van der Waals surface area contributed by atoms with Crippen LogP contribution in [0.25, 0.3) is 11.2 Å². The Morgan fingerprint density at radius 3 is 2.41 bits per heavy atom. The van der Waals surface area contributed by atoms with Crippen LogP contribution in [0, 0.1) is 39.9 Å². The van der Waals surface area contributed by atoms with Crippen LogP contribution >= 0.6 is 35.2 Å². The van der Waals surface area contributed by atoms with Crippen molar-refractivity contribution in [2.24, 2.45) is 39.9 Å². The van der Waals surface area contributed by atoms with Gasteiger partial charge in [0.2, 0.25) is 11.8 Å². The number of nitrogen functional groups attached to an aromatic ring is 1. The maximum Gasteiger partial charge on any atom is 0.274 e. The minimum absolute atomic E-state index is 0.00687. The molecule has 2 aromatic heterocycles. The lowest BCUT2D eigenvalue weighted by Gasteiger charge is -2.59. The minimum atomic E-state index is -5.95. The maximum absolute atomic E-state index is 13.6. The van der Waals surface area contributed by atoms with E-state index in [1.54, 1.807) is 6.92 Å². The summed E-state index contributed by atoms with van der Waals surface area (Å²) < 4.78 is 61.1. The van der Waals surface area contributed by atoms with Crippen LogP contribution in [0.4, 0.5) is 5.82 Å². The number of rotatable bonds is 21. The number of carbonyl (C=O) groups is 4. The molecule has 4 aliphatic carbocycles. The summed E-state index contributed by atoms with van der Waals surface area (Å²) in [4.78, 5) is 111. The predicted molar refractivity (Wildman–Crippen MR) is 249 cm³/mol. The molecule has 2 amide bonds. The Kier molecular flexibility index (Phi) is 17.2. The molecule has 14 atom stereocenters. The molecular weight excluding hydrogens is 1040 g/mol. The number of carbonyl (C=O) groups excluding carboxylic acids is 4. The highest BCUT2D eigenvalue weighted by molar-refractivity contribution is 8.13. The Morgan fingerprint density at radius 1 is 1.00 bits per heavy atom. The molecule has 30 heteroatoms. The van der Waals surface area contributed by atoms with Gasteiger partial charge in [0.1, 0.15) is 36.3 Å². The third-order valence-corrected chi connectivity index (χ3v) is 20.0. The number of hydrogen-bond donors (Lipinski definition) is 6. The van der Waals surface area contributed by atoms with Gasteiger partial charge in [-0.05, 0) is 74.2 Å². The van der Waals surface area contributed by atoms with Crippen LogP contribution in [0.2, 0.25) is 0 Å². The number of thioether (sulfide) groups is 1. The highest BCUT2D eigenvalue weighted by Gasteiger charge is 2.66. The Morgan fingerprint density at radius 2 is 1.70 bits per heavy atom. The molecular formula is C43H62N7O19P3S-4. The van der Waals surface area contributed by atoms with Gasteiger partial charge in [-0.2, -0.15) is 0 Å². The van der Waals surface area contributed by atoms with E-state index in [2.05, 4.69) is 57.3 Å². The SMILES string of the molecule is C[C@H](C(=O)SCCNC(=O)CCNC(=O)[C@H](O)C(C)(C)COP(=O)([O-])OP(=O)([O-])OC[C@H]1O[C@@H](n2cnc3c(N)ncnc32)[C@H](O)[C@@H]1OP(=O)([O-])[O-])[C@@]1(O)CC[C@H]2[C@@H]3CCC4=CC(=O)CC[C@]4(C)[C@H]3CC[C@@]21C. The lowest BCUT2D eigenvalue weighted by molar-refractivity contribution is -0.347. The number of hydrogen-bond acceptors (Lipinski definition) is 24. The minimum Gasteiger partial charge on any atom is -0.790 e. The topological polar surface area (TPSA) is 412 Å². The number of imidazole rings is 1. The molecule has 0 aromatic carbocycles. The van der Waals surface area contributed by atoms with Gasteiger partial charge in [-0.3, -0.25) is 32.9 Å². The number of nitrogens with one attached hydrogen (secondary N) is 2. The van der Waals surface area contributed by atoms with Crippen molar-refractivity contribution in [1.82, 2.24) is 30.2 Å². The van der Waals surface area contributed by atoms with E-state index >= 15 is 0 Å². The number of anilines is 1. The van der Waals surface area contributed by atoms with E-state index in [1.807, 2.05) is 6.08 Å². The van der Waals surface area contributed by atoms with E-state index in [0.29, 0.717) is 24.7 Å². The third kappa shape index (κ3) is 12.2. The Bertz CT molecular complexity index is 2620. The lowest BCUT2D eigenvalue weighted by atomic mass is 9.46. The monoisotopic (exact) mass is 1110 g/mol. The lowest BCUT2D eigenvalue weighted by Crippen LogP contribution is -2.57. The number of nitrogens with zero attached hydrogens (tertiary/aromatic N) is 4. The summed E-state index contributed by atoms with van der Waals surface area (Å²) in [7, 11) is -17.7. The van der Waals surface area contributed by atoms with Crippen molar-refractivity contribution in [3.63, 3.8) is 0 Å². The third-order valence-electron chi connectivity index (χ3n) is 16.0. The number of allylic oxidation sites excluding steroid dienone is 1. The second-order valence-electron chi connectivity index (χ2n) is 20.8. The van der Waals surface area contributed by atoms with E-state index in [0.717, 1.165) is 67.5 Å². The highest BCUT2D eigenvalue weighted by Crippen LogP contribution is 2.69. The van der Waals surface area contributed by atoms with Crippen molar-refractivity contribution < 1.29 is 90.4 Å². The zero-order valence-electron chi connectivity index (χ0n) is 40.8. The molecule has 4 fully saturated rings. The molecule has 7 rings (SSSR count). The van der Waals surface area contributed by atoms with Gasteiger partial charge in [-0.25, -0.2) is 19.3 Å². The fourth-order valence-corrected chi connectivity index (χ4v) is 15.5. The Balaban J connectivity index is 0.811. The van der Waals surface area contributed by atoms with E-state index in [9.17, 15) is 67.8 Å². The van der Waals surface area contributed by atoms with Crippen LogP contribution in [0.1, 0.15) is 98.6 Å². The molecule has 0 spiro atoms. The molecule has 2 unspecified atom stereocenters. The van der Waals surface area contributed by atoms with E-state index in [1.165, 1.54) is 19.4 Å². The van der Waals surface area contributed by atoms with Gasteiger partial charge in [-0.15, -0.1) is 0 Å². The van der Waals surface area contributed by atoms with Crippen LogP contribution in [-0.2, 0) is 55.5 Å². The molecule has 0 bridgehead atoms. The van der Waals surface area contributed by atoms with Crippen molar-refractivity contribution in [2.75, 3.05) is 37.8 Å². The summed E-state index contributed by atoms with van der Waals surface area (Å²) >= 11 is 1.03. The van der Waals surface area contributed by atoms with Crippen LogP contribution in [0.3, 0.4) is 0 Å². The zero-order chi connectivity index (χ0) is 53.7. The number of ketones is 1. The summed E-state index contributed by atoms with van der Waals surface area (Å²) in [5.41, 5.74) is 3.69. The molecule has 73 heavy (non-hydrogen) atoms. The summed E-state index contributed by atoms with van der Waals surface area (Å²) in [6.45, 7) is 6.17. The second kappa shape index (κ2) is 21.8. The van der Waals surface area contributed by atoms with E-state index < -0.39 is 101 Å². The molecule has 2 aromatic rings. The summed E-state index contributed by atoms with van der Waals surface area (Å²) in [6.07, 6.45) is 0.522. The molecule has 408 valence electrons. The number of aliphatic hydroxyl groups excluding tert-OH is 2. The molecule has 0 radical (unpaired) electrons. The quantitative estimate of drug-likeness (QED) is 0.0709. The number of aromatic nitrogens is 4. The Labute approximate surface area is 424 Å². The number of aliphatic hydroxyl groups is 3. The number of ether oxygens (including phenoxy) is 1. The van der Waals surface area contributed by atoms with Crippen molar-refractivity contribution >= 4 is 74.9 Å². The maximum atomic E-state index is 13.6. The molecule has 1 saturated heterocycles. The molecule has 3 saturated carbocycles. The van der Waals surface area contributed by atoms with Gasteiger partial charge in [0, 0.05) is 42.5 Å². The molecule has 3 heterocycles. The molecule has 7 N–H and O–H groups in total. The number of phosphoric acid groups is 3. The number of fused-ring (bicyclic) bond motifs is 6. The fourth-order valence-electron chi connectivity index (χ4n) is 11.9. The van der Waals surface area contributed by atoms with Gasteiger partial charge < -0.3 is 74.1 Å². The van der Waals surface area contributed by atoms with Crippen molar-refractivity contribution in [2.45, 2.75) is 129 Å². The van der Waals surface area contributed by atoms with Crippen LogP contribution in [-0.4, -0.2) is 120 Å².